The largest absolute Gasteiger partial charge is 0.492 e. The zero-order valence-corrected chi connectivity index (χ0v) is 15.3. The van der Waals surface area contributed by atoms with Crippen molar-refractivity contribution in [2.24, 2.45) is 0 Å². The topological polar surface area (TPSA) is 68.8 Å². The summed E-state index contributed by atoms with van der Waals surface area (Å²) < 4.78 is 16.8. The second-order valence-electron chi connectivity index (χ2n) is 6.72. The lowest BCUT2D eigenvalue weighted by atomic mass is 10.1. The van der Waals surface area contributed by atoms with E-state index < -0.39 is 0 Å². The van der Waals surface area contributed by atoms with E-state index in [0.717, 1.165) is 29.2 Å². The second-order valence-corrected chi connectivity index (χ2v) is 6.72. The molecule has 142 valence electrons. The molecule has 6 nitrogen and oxygen atoms in total. The van der Waals surface area contributed by atoms with Gasteiger partial charge in [-0.25, -0.2) is 4.79 Å². The van der Waals surface area contributed by atoms with Gasteiger partial charge in [-0.1, -0.05) is 12.1 Å². The molecule has 2 amide bonds. The number of rotatable bonds is 6. The molecule has 0 fully saturated rings. The number of benzene rings is 2. The Morgan fingerprint density at radius 2 is 1.81 bits per heavy atom. The number of carbonyl (C=O) groups is 1. The summed E-state index contributed by atoms with van der Waals surface area (Å²) in [7, 11) is 0. The summed E-state index contributed by atoms with van der Waals surface area (Å²) in [6.45, 7) is 2.43. The summed E-state index contributed by atoms with van der Waals surface area (Å²) in [5.41, 5.74) is 3.78. The molecule has 1 aliphatic carbocycles. The molecule has 2 aliphatic rings. The van der Waals surface area contributed by atoms with Crippen molar-refractivity contribution in [3.63, 3.8) is 0 Å². The van der Waals surface area contributed by atoms with Gasteiger partial charge in [-0.15, -0.1) is 0 Å². The average molecular weight is 368 g/mol. The molecule has 2 N–H and O–H groups in total. The Morgan fingerprint density at radius 1 is 0.963 bits per heavy atom. The number of hydrogen-bond donors (Lipinski definition) is 2. The van der Waals surface area contributed by atoms with Gasteiger partial charge in [0, 0.05) is 6.54 Å². The molecule has 0 aromatic heterocycles. The van der Waals surface area contributed by atoms with E-state index in [-0.39, 0.29) is 6.03 Å². The van der Waals surface area contributed by atoms with Crippen LogP contribution in [0, 0.1) is 0 Å². The van der Waals surface area contributed by atoms with Gasteiger partial charge in [-0.05, 0) is 60.2 Å². The molecule has 2 aromatic rings. The fourth-order valence-electron chi connectivity index (χ4n) is 3.41. The van der Waals surface area contributed by atoms with Crippen LogP contribution in [0.2, 0.25) is 0 Å². The van der Waals surface area contributed by atoms with Crippen LogP contribution >= 0.6 is 0 Å². The second kappa shape index (κ2) is 8.20. The van der Waals surface area contributed by atoms with Crippen LogP contribution in [-0.4, -0.2) is 32.4 Å². The van der Waals surface area contributed by atoms with E-state index in [1.807, 2.05) is 24.3 Å². The number of nitrogens with one attached hydrogen (secondary N) is 2. The van der Waals surface area contributed by atoms with E-state index in [1.165, 1.54) is 24.0 Å². The van der Waals surface area contributed by atoms with Crippen molar-refractivity contribution in [3.8, 4) is 17.2 Å². The van der Waals surface area contributed by atoms with E-state index in [4.69, 9.17) is 14.2 Å². The van der Waals surface area contributed by atoms with Crippen molar-refractivity contribution in [2.45, 2.75) is 25.8 Å². The molecule has 27 heavy (non-hydrogen) atoms. The summed E-state index contributed by atoms with van der Waals surface area (Å²) in [6.07, 6.45) is 3.53. The summed E-state index contributed by atoms with van der Waals surface area (Å²) >= 11 is 0. The third-order valence-corrected chi connectivity index (χ3v) is 4.79. The summed E-state index contributed by atoms with van der Waals surface area (Å²) in [5.74, 6) is 2.34. The van der Waals surface area contributed by atoms with E-state index in [1.54, 1.807) is 0 Å². The number of carbonyl (C=O) groups excluding carboxylic acids is 1. The van der Waals surface area contributed by atoms with Crippen LogP contribution in [-0.2, 0) is 19.4 Å². The van der Waals surface area contributed by atoms with Gasteiger partial charge >= 0.3 is 6.03 Å². The number of hydrogen-bond acceptors (Lipinski definition) is 4. The van der Waals surface area contributed by atoms with E-state index >= 15 is 0 Å². The molecule has 6 heteroatoms. The van der Waals surface area contributed by atoms with Gasteiger partial charge in [0.05, 0.1) is 6.54 Å². The minimum atomic E-state index is -0.220. The van der Waals surface area contributed by atoms with Crippen molar-refractivity contribution in [2.75, 3.05) is 26.4 Å². The van der Waals surface area contributed by atoms with Crippen molar-refractivity contribution in [3.05, 3.63) is 53.1 Å². The fraction of sp³-hybridized carbons (Fsp3) is 0.381. The molecule has 0 unspecified atom stereocenters. The predicted molar refractivity (Wildman–Crippen MR) is 102 cm³/mol. The van der Waals surface area contributed by atoms with E-state index in [0.29, 0.717) is 32.9 Å². The number of urea groups is 1. The zero-order chi connectivity index (χ0) is 18.5. The molecule has 1 aliphatic heterocycles. The van der Waals surface area contributed by atoms with Crippen LogP contribution in [0.1, 0.15) is 23.1 Å². The Kier molecular flexibility index (Phi) is 5.32. The molecule has 0 saturated heterocycles. The fourth-order valence-corrected chi connectivity index (χ4v) is 3.41. The first kappa shape index (κ1) is 17.5. The number of ether oxygens (including phenoxy) is 3. The van der Waals surface area contributed by atoms with Crippen molar-refractivity contribution < 1.29 is 19.0 Å². The van der Waals surface area contributed by atoms with Gasteiger partial charge in [0.2, 0.25) is 0 Å². The highest BCUT2D eigenvalue weighted by atomic mass is 16.6. The van der Waals surface area contributed by atoms with Gasteiger partial charge in [-0.3, -0.25) is 0 Å². The molecule has 4 rings (SSSR count). The smallest absolute Gasteiger partial charge is 0.315 e. The monoisotopic (exact) mass is 368 g/mol. The maximum atomic E-state index is 11.9. The Labute approximate surface area is 158 Å². The van der Waals surface area contributed by atoms with Gasteiger partial charge in [0.15, 0.2) is 11.5 Å². The van der Waals surface area contributed by atoms with Crippen molar-refractivity contribution in [1.82, 2.24) is 10.6 Å². The van der Waals surface area contributed by atoms with Gasteiger partial charge in [-0.2, -0.15) is 0 Å². The maximum absolute atomic E-state index is 11.9. The van der Waals surface area contributed by atoms with Crippen molar-refractivity contribution >= 4 is 6.03 Å². The van der Waals surface area contributed by atoms with Gasteiger partial charge in [0.25, 0.3) is 0 Å². The molecular formula is C21H24N2O4. The normalized spacial score (nSPS) is 14.4. The number of amides is 2. The lowest BCUT2D eigenvalue weighted by molar-refractivity contribution is 0.171. The Morgan fingerprint density at radius 3 is 2.74 bits per heavy atom. The zero-order valence-electron chi connectivity index (χ0n) is 15.3. The van der Waals surface area contributed by atoms with Crippen LogP contribution < -0.4 is 24.8 Å². The van der Waals surface area contributed by atoms with Crippen LogP contribution in [0.4, 0.5) is 4.79 Å². The van der Waals surface area contributed by atoms with E-state index in [2.05, 4.69) is 22.8 Å². The Bertz CT molecular complexity index is 822. The van der Waals surface area contributed by atoms with E-state index in [9.17, 15) is 4.79 Å². The first-order chi connectivity index (χ1) is 13.3. The maximum Gasteiger partial charge on any atom is 0.315 e. The molecular weight excluding hydrogens is 344 g/mol. The number of aryl methyl sites for hydroxylation is 2. The minimum absolute atomic E-state index is 0.220. The highest BCUT2D eigenvalue weighted by Gasteiger charge is 2.12. The molecule has 0 radical (unpaired) electrons. The lowest BCUT2D eigenvalue weighted by Gasteiger charge is -2.19. The first-order valence-electron chi connectivity index (χ1n) is 9.43. The molecule has 0 saturated carbocycles. The average Bonchev–Trinajstić information content (AvgIpc) is 3.17. The van der Waals surface area contributed by atoms with Crippen LogP contribution in [0.5, 0.6) is 17.2 Å². The van der Waals surface area contributed by atoms with Gasteiger partial charge in [0.1, 0.15) is 25.6 Å². The standard InChI is InChI=1S/C21H24N2O4/c24-21(23-14-15-4-7-19-20(12-15)27-11-10-26-19)22-8-9-25-18-6-5-16-2-1-3-17(16)13-18/h4-7,12-13H,1-3,8-11,14H2,(H2,22,23,24). The van der Waals surface area contributed by atoms with Crippen LogP contribution in [0.3, 0.4) is 0 Å². The molecule has 2 aromatic carbocycles. The molecule has 0 bridgehead atoms. The quantitative estimate of drug-likeness (QED) is 0.770. The van der Waals surface area contributed by atoms with Gasteiger partial charge < -0.3 is 24.8 Å². The summed E-state index contributed by atoms with van der Waals surface area (Å²) in [5, 5.41) is 5.64. The number of fused-ring (bicyclic) bond motifs is 2. The van der Waals surface area contributed by atoms with Crippen LogP contribution in [0.15, 0.2) is 36.4 Å². The lowest BCUT2D eigenvalue weighted by Crippen LogP contribution is -2.37. The first-order valence-corrected chi connectivity index (χ1v) is 9.43. The Hall–Kier alpha value is -2.89. The third-order valence-electron chi connectivity index (χ3n) is 4.79. The SMILES string of the molecule is O=C(NCCOc1ccc2c(c1)CCC2)NCc1ccc2c(c1)OCCO2. The predicted octanol–water partition coefficient (Wildman–Crippen LogP) is 2.82. The van der Waals surface area contributed by atoms with Crippen molar-refractivity contribution in [1.29, 1.82) is 0 Å². The summed E-state index contributed by atoms with van der Waals surface area (Å²) in [6, 6.07) is 11.7. The third kappa shape index (κ3) is 4.45. The highest BCUT2D eigenvalue weighted by molar-refractivity contribution is 5.73. The molecule has 0 spiro atoms. The molecule has 0 atom stereocenters. The minimum Gasteiger partial charge on any atom is -0.492 e. The summed E-state index contributed by atoms with van der Waals surface area (Å²) in [4.78, 5) is 11.9. The Balaban J connectivity index is 1.17. The highest BCUT2D eigenvalue weighted by Crippen LogP contribution is 2.30. The molecule has 1 heterocycles. The van der Waals surface area contributed by atoms with Crippen LogP contribution in [0.25, 0.3) is 0 Å².